The molecule has 1 aromatic heterocycles. The monoisotopic (exact) mass is 259 g/mol. The number of imidazole rings is 1. The van der Waals surface area contributed by atoms with Gasteiger partial charge in [0.25, 0.3) is 0 Å². The van der Waals surface area contributed by atoms with Gasteiger partial charge in [-0.2, -0.15) is 0 Å². The van der Waals surface area contributed by atoms with E-state index in [4.69, 9.17) is 4.74 Å². The first-order chi connectivity index (χ1) is 9.11. The number of nitrogens with zero attached hydrogens (tertiary/aromatic N) is 2. The Morgan fingerprint density at radius 3 is 2.84 bits per heavy atom. The van der Waals surface area contributed by atoms with Crippen LogP contribution in [-0.2, 0) is 13.6 Å². The second-order valence-electron chi connectivity index (χ2n) is 4.80. The molecule has 0 amide bonds. The Kier molecular flexibility index (Phi) is 4.22. The average molecular weight is 259 g/mol. The molecule has 102 valence electrons. The van der Waals surface area contributed by atoms with E-state index in [1.807, 2.05) is 24.0 Å². The van der Waals surface area contributed by atoms with Gasteiger partial charge in [-0.05, 0) is 25.5 Å². The summed E-state index contributed by atoms with van der Waals surface area (Å²) in [6.07, 6.45) is 3.77. The van der Waals surface area contributed by atoms with E-state index in [1.165, 1.54) is 11.1 Å². The van der Waals surface area contributed by atoms with Crippen molar-refractivity contribution < 1.29 is 4.74 Å². The van der Waals surface area contributed by atoms with Crippen LogP contribution in [0.1, 0.15) is 29.9 Å². The van der Waals surface area contributed by atoms with E-state index >= 15 is 0 Å². The lowest BCUT2D eigenvalue weighted by Gasteiger charge is -2.17. The highest BCUT2D eigenvalue weighted by molar-refractivity contribution is 5.39. The summed E-state index contributed by atoms with van der Waals surface area (Å²) in [7, 11) is 3.71. The van der Waals surface area contributed by atoms with Crippen LogP contribution in [0.2, 0.25) is 0 Å². The third kappa shape index (κ3) is 3.15. The fraction of sp³-hybridized carbons (Fsp3) is 0.400. The Balaban J connectivity index is 2.07. The van der Waals surface area contributed by atoms with Gasteiger partial charge in [-0.25, -0.2) is 4.98 Å². The average Bonchev–Trinajstić information content (AvgIpc) is 2.81. The number of hydrogen-bond donors (Lipinski definition) is 1. The summed E-state index contributed by atoms with van der Waals surface area (Å²) < 4.78 is 7.47. The highest BCUT2D eigenvalue weighted by atomic mass is 16.5. The minimum absolute atomic E-state index is 0.215. The summed E-state index contributed by atoms with van der Waals surface area (Å²) in [6.45, 7) is 4.94. The van der Waals surface area contributed by atoms with Gasteiger partial charge in [0.1, 0.15) is 11.6 Å². The molecule has 0 aliphatic rings. The van der Waals surface area contributed by atoms with Gasteiger partial charge in [-0.3, -0.25) is 0 Å². The van der Waals surface area contributed by atoms with E-state index in [0.717, 1.165) is 18.1 Å². The molecule has 0 aliphatic carbocycles. The molecule has 1 N–H and O–H groups in total. The quantitative estimate of drug-likeness (QED) is 0.897. The summed E-state index contributed by atoms with van der Waals surface area (Å²) in [6, 6.07) is 6.50. The SMILES string of the molecule is COc1cc(C)ccc1C(C)NCc1nccn1C. The molecule has 0 spiro atoms. The number of aromatic nitrogens is 2. The Hall–Kier alpha value is -1.81. The van der Waals surface area contributed by atoms with Crippen LogP contribution in [0, 0.1) is 6.92 Å². The molecule has 0 fully saturated rings. The van der Waals surface area contributed by atoms with Crippen LogP contribution < -0.4 is 10.1 Å². The van der Waals surface area contributed by atoms with Crippen molar-refractivity contribution in [2.75, 3.05) is 7.11 Å². The Morgan fingerprint density at radius 2 is 2.21 bits per heavy atom. The maximum Gasteiger partial charge on any atom is 0.123 e. The van der Waals surface area contributed by atoms with E-state index < -0.39 is 0 Å². The first kappa shape index (κ1) is 13.6. The number of benzene rings is 1. The molecular weight excluding hydrogens is 238 g/mol. The largest absolute Gasteiger partial charge is 0.496 e. The number of rotatable bonds is 5. The highest BCUT2D eigenvalue weighted by Crippen LogP contribution is 2.26. The summed E-state index contributed by atoms with van der Waals surface area (Å²) in [5.74, 6) is 1.96. The highest BCUT2D eigenvalue weighted by Gasteiger charge is 2.11. The zero-order valence-electron chi connectivity index (χ0n) is 12.0. The summed E-state index contributed by atoms with van der Waals surface area (Å²) in [5.41, 5.74) is 2.37. The molecule has 19 heavy (non-hydrogen) atoms. The number of hydrogen-bond acceptors (Lipinski definition) is 3. The van der Waals surface area contributed by atoms with Gasteiger partial charge in [0.05, 0.1) is 13.7 Å². The van der Waals surface area contributed by atoms with E-state index in [-0.39, 0.29) is 6.04 Å². The minimum atomic E-state index is 0.215. The van der Waals surface area contributed by atoms with Crippen LogP contribution in [-0.4, -0.2) is 16.7 Å². The molecular formula is C15H21N3O. The molecule has 0 radical (unpaired) electrons. The normalized spacial score (nSPS) is 12.4. The lowest BCUT2D eigenvalue weighted by Crippen LogP contribution is -2.20. The second-order valence-corrected chi connectivity index (χ2v) is 4.80. The first-order valence-corrected chi connectivity index (χ1v) is 6.46. The summed E-state index contributed by atoms with van der Waals surface area (Å²) in [5, 5.41) is 3.47. The lowest BCUT2D eigenvalue weighted by molar-refractivity contribution is 0.400. The molecule has 0 aliphatic heterocycles. The van der Waals surface area contributed by atoms with Gasteiger partial charge in [0.15, 0.2) is 0 Å². The van der Waals surface area contributed by atoms with Gasteiger partial charge in [0, 0.05) is 31.0 Å². The molecule has 0 saturated heterocycles. The third-order valence-corrected chi connectivity index (χ3v) is 3.34. The van der Waals surface area contributed by atoms with Gasteiger partial charge < -0.3 is 14.6 Å². The molecule has 1 heterocycles. The van der Waals surface area contributed by atoms with Gasteiger partial charge in [0.2, 0.25) is 0 Å². The standard InChI is InChI=1S/C15H21N3O/c1-11-5-6-13(14(9-11)19-4)12(2)17-10-15-16-7-8-18(15)3/h5-9,12,17H,10H2,1-4H3. The molecule has 0 saturated carbocycles. The van der Waals surface area contributed by atoms with Crippen molar-refractivity contribution in [3.63, 3.8) is 0 Å². The number of ether oxygens (including phenoxy) is 1. The van der Waals surface area contributed by atoms with E-state index in [2.05, 4.69) is 42.3 Å². The summed E-state index contributed by atoms with van der Waals surface area (Å²) in [4.78, 5) is 4.31. The van der Waals surface area contributed by atoms with Crippen molar-refractivity contribution in [1.82, 2.24) is 14.9 Å². The third-order valence-electron chi connectivity index (χ3n) is 3.34. The van der Waals surface area contributed by atoms with Gasteiger partial charge in [-0.15, -0.1) is 0 Å². The molecule has 1 aromatic carbocycles. The van der Waals surface area contributed by atoms with Crippen molar-refractivity contribution in [2.24, 2.45) is 7.05 Å². The fourth-order valence-electron chi connectivity index (χ4n) is 2.10. The zero-order chi connectivity index (χ0) is 13.8. The van der Waals surface area contributed by atoms with Gasteiger partial charge in [-0.1, -0.05) is 12.1 Å². The molecule has 4 heteroatoms. The van der Waals surface area contributed by atoms with Crippen LogP contribution in [0.5, 0.6) is 5.75 Å². The van der Waals surface area contributed by atoms with Crippen molar-refractivity contribution in [1.29, 1.82) is 0 Å². The van der Waals surface area contributed by atoms with E-state index in [9.17, 15) is 0 Å². The Labute approximate surface area is 114 Å². The number of aryl methyl sites for hydroxylation is 2. The first-order valence-electron chi connectivity index (χ1n) is 6.46. The lowest BCUT2D eigenvalue weighted by atomic mass is 10.0. The van der Waals surface area contributed by atoms with E-state index in [1.54, 1.807) is 7.11 Å². The molecule has 2 aromatic rings. The van der Waals surface area contributed by atoms with Crippen LogP contribution in [0.3, 0.4) is 0 Å². The van der Waals surface area contributed by atoms with Crippen LogP contribution in [0.15, 0.2) is 30.6 Å². The van der Waals surface area contributed by atoms with Crippen molar-refractivity contribution >= 4 is 0 Å². The minimum Gasteiger partial charge on any atom is -0.496 e. The number of methoxy groups -OCH3 is 1. The van der Waals surface area contributed by atoms with Crippen molar-refractivity contribution in [3.8, 4) is 5.75 Å². The second kappa shape index (κ2) is 5.89. The smallest absolute Gasteiger partial charge is 0.123 e. The molecule has 4 nitrogen and oxygen atoms in total. The fourth-order valence-corrected chi connectivity index (χ4v) is 2.10. The Morgan fingerprint density at radius 1 is 1.42 bits per heavy atom. The van der Waals surface area contributed by atoms with Crippen molar-refractivity contribution in [2.45, 2.75) is 26.4 Å². The molecule has 2 rings (SSSR count). The molecule has 1 atom stereocenters. The zero-order valence-corrected chi connectivity index (χ0v) is 12.0. The molecule has 1 unspecified atom stereocenters. The summed E-state index contributed by atoms with van der Waals surface area (Å²) >= 11 is 0. The van der Waals surface area contributed by atoms with Crippen LogP contribution in [0.4, 0.5) is 0 Å². The Bertz CT molecular complexity index is 548. The van der Waals surface area contributed by atoms with Crippen molar-refractivity contribution in [3.05, 3.63) is 47.5 Å². The maximum atomic E-state index is 5.45. The van der Waals surface area contributed by atoms with Gasteiger partial charge >= 0.3 is 0 Å². The topological polar surface area (TPSA) is 39.1 Å². The predicted octanol–water partition coefficient (Wildman–Crippen LogP) is 2.59. The van der Waals surface area contributed by atoms with Crippen LogP contribution >= 0.6 is 0 Å². The van der Waals surface area contributed by atoms with E-state index in [0.29, 0.717) is 0 Å². The molecule has 0 bridgehead atoms. The predicted molar refractivity (Wildman–Crippen MR) is 76.2 cm³/mol. The maximum absolute atomic E-state index is 5.45. The van der Waals surface area contributed by atoms with Crippen LogP contribution in [0.25, 0.3) is 0 Å². The number of nitrogens with one attached hydrogen (secondary N) is 1.